The van der Waals surface area contributed by atoms with E-state index in [0.717, 1.165) is 12.1 Å². The minimum Gasteiger partial charge on any atom is -0.460 e. The Hall–Kier alpha value is -1.53. The second-order valence-electron chi connectivity index (χ2n) is 3.34. The highest BCUT2D eigenvalue weighted by atomic mass is 19.2. The molecule has 0 aliphatic heterocycles. The minimum absolute atomic E-state index is 0.0293. The molecule has 0 radical (unpaired) electrons. The van der Waals surface area contributed by atoms with Crippen LogP contribution in [-0.2, 0) is 14.2 Å². The van der Waals surface area contributed by atoms with Gasteiger partial charge in [-0.25, -0.2) is 13.6 Å². The molecular weight excluding hydrogens is 246 g/mol. The molecule has 0 atom stereocenters. The highest BCUT2D eigenvalue weighted by molar-refractivity contribution is 5.89. The summed E-state index contributed by atoms with van der Waals surface area (Å²) < 4.78 is 40.6. The maximum absolute atomic E-state index is 13.2. The van der Waals surface area contributed by atoms with Crippen molar-refractivity contribution in [3.63, 3.8) is 0 Å². The van der Waals surface area contributed by atoms with E-state index in [4.69, 9.17) is 14.2 Å². The number of carbonyl (C=O) groups is 1. The fraction of sp³-hybridized carbons (Fsp3) is 0.417. The van der Waals surface area contributed by atoms with Crippen LogP contribution in [0.1, 0.15) is 10.4 Å². The summed E-state index contributed by atoms with van der Waals surface area (Å²) in [6.45, 7) is 0.958. The van der Waals surface area contributed by atoms with Crippen LogP contribution < -0.4 is 0 Å². The van der Waals surface area contributed by atoms with Gasteiger partial charge in [-0.15, -0.1) is 0 Å². The first-order valence-corrected chi connectivity index (χ1v) is 5.34. The van der Waals surface area contributed by atoms with Gasteiger partial charge in [-0.3, -0.25) is 0 Å². The van der Waals surface area contributed by atoms with Crippen molar-refractivity contribution in [2.75, 3.05) is 33.5 Å². The van der Waals surface area contributed by atoms with E-state index in [1.165, 1.54) is 13.2 Å². The van der Waals surface area contributed by atoms with Gasteiger partial charge in [0.25, 0.3) is 0 Å². The molecule has 0 heterocycles. The topological polar surface area (TPSA) is 44.8 Å². The number of methoxy groups -OCH3 is 1. The largest absolute Gasteiger partial charge is 0.460 e. The Kier molecular flexibility index (Phi) is 6.24. The van der Waals surface area contributed by atoms with Crippen molar-refractivity contribution in [3.05, 3.63) is 35.4 Å². The summed E-state index contributed by atoms with van der Waals surface area (Å²) in [5.41, 5.74) is -0.424. The van der Waals surface area contributed by atoms with E-state index < -0.39 is 23.2 Å². The van der Waals surface area contributed by atoms with Gasteiger partial charge in [-0.05, 0) is 12.1 Å². The summed E-state index contributed by atoms with van der Waals surface area (Å²) in [5.74, 6) is -3.20. The number of halogens is 2. The van der Waals surface area contributed by atoms with Crippen LogP contribution >= 0.6 is 0 Å². The number of esters is 1. The molecule has 0 saturated heterocycles. The van der Waals surface area contributed by atoms with E-state index in [0.29, 0.717) is 13.2 Å². The molecule has 4 nitrogen and oxygen atoms in total. The average molecular weight is 260 g/mol. The molecule has 0 spiro atoms. The number of carbonyl (C=O) groups excluding carboxylic acids is 1. The Bertz CT molecular complexity index is 396. The van der Waals surface area contributed by atoms with Gasteiger partial charge >= 0.3 is 5.97 Å². The Morgan fingerprint density at radius 3 is 2.61 bits per heavy atom. The summed E-state index contributed by atoms with van der Waals surface area (Å²) >= 11 is 0. The first kappa shape index (κ1) is 14.5. The van der Waals surface area contributed by atoms with E-state index >= 15 is 0 Å². The Morgan fingerprint density at radius 1 is 1.17 bits per heavy atom. The van der Waals surface area contributed by atoms with Gasteiger partial charge in [0.15, 0.2) is 11.6 Å². The van der Waals surface area contributed by atoms with Gasteiger partial charge in [0.2, 0.25) is 0 Å². The molecule has 1 rings (SSSR count). The lowest BCUT2D eigenvalue weighted by molar-refractivity contribution is 0.0210. The Morgan fingerprint density at radius 2 is 1.89 bits per heavy atom. The molecular formula is C12H14F2O4. The van der Waals surface area contributed by atoms with Crippen LogP contribution in [0.25, 0.3) is 0 Å². The third kappa shape index (κ3) is 4.38. The highest BCUT2D eigenvalue weighted by Crippen LogP contribution is 2.12. The van der Waals surface area contributed by atoms with E-state index in [9.17, 15) is 13.6 Å². The monoisotopic (exact) mass is 260 g/mol. The first-order chi connectivity index (χ1) is 8.66. The molecule has 18 heavy (non-hydrogen) atoms. The van der Waals surface area contributed by atoms with Crippen LogP contribution in [0.2, 0.25) is 0 Å². The number of benzene rings is 1. The summed E-state index contributed by atoms with van der Waals surface area (Å²) in [6, 6.07) is 3.33. The van der Waals surface area contributed by atoms with Crippen LogP contribution in [0, 0.1) is 11.6 Å². The van der Waals surface area contributed by atoms with Gasteiger partial charge in [-0.1, -0.05) is 6.07 Å². The highest BCUT2D eigenvalue weighted by Gasteiger charge is 2.15. The second kappa shape index (κ2) is 7.73. The van der Waals surface area contributed by atoms with E-state index in [1.807, 2.05) is 0 Å². The first-order valence-electron chi connectivity index (χ1n) is 5.34. The predicted molar refractivity (Wildman–Crippen MR) is 59.3 cm³/mol. The smallest absolute Gasteiger partial charge is 0.341 e. The number of rotatable bonds is 7. The van der Waals surface area contributed by atoms with Crippen molar-refractivity contribution in [1.82, 2.24) is 0 Å². The lowest BCUT2D eigenvalue weighted by Crippen LogP contribution is -2.14. The zero-order valence-electron chi connectivity index (χ0n) is 9.95. The lowest BCUT2D eigenvalue weighted by atomic mass is 10.2. The zero-order chi connectivity index (χ0) is 13.4. The van der Waals surface area contributed by atoms with Crippen LogP contribution in [0.5, 0.6) is 0 Å². The van der Waals surface area contributed by atoms with Crippen LogP contribution in [0.15, 0.2) is 18.2 Å². The Balaban J connectivity index is 2.35. The van der Waals surface area contributed by atoms with Crippen LogP contribution in [-0.4, -0.2) is 39.5 Å². The Labute approximate surface area is 103 Å². The van der Waals surface area contributed by atoms with Crippen LogP contribution in [0.3, 0.4) is 0 Å². The van der Waals surface area contributed by atoms with E-state index in [1.54, 1.807) is 0 Å². The number of ether oxygens (including phenoxy) is 3. The normalized spacial score (nSPS) is 10.4. The van der Waals surface area contributed by atoms with Crippen molar-refractivity contribution in [2.45, 2.75) is 0 Å². The summed E-state index contributed by atoms with van der Waals surface area (Å²) in [6.07, 6.45) is 0. The van der Waals surface area contributed by atoms with Gasteiger partial charge in [0.1, 0.15) is 6.61 Å². The van der Waals surface area contributed by atoms with E-state index in [2.05, 4.69) is 0 Å². The number of hydrogen-bond donors (Lipinski definition) is 0. The predicted octanol–water partition coefficient (Wildman–Crippen LogP) is 1.78. The van der Waals surface area contributed by atoms with Gasteiger partial charge in [-0.2, -0.15) is 0 Å². The molecule has 0 saturated carbocycles. The summed E-state index contributed by atoms with van der Waals surface area (Å²) in [5, 5.41) is 0. The molecule has 0 unspecified atom stereocenters. The molecule has 0 aliphatic carbocycles. The fourth-order valence-electron chi connectivity index (χ4n) is 1.18. The SMILES string of the molecule is COCCOCCOC(=O)c1cccc(F)c1F. The minimum atomic E-state index is -1.21. The second-order valence-corrected chi connectivity index (χ2v) is 3.34. The van der Waals surface area contributed by atoms with Crippen molar-refractivity contribution in [3.8, 4) is 0 Å². The quantitative estimate of drug-likeness (QED) is 0.554. The molecule has 0 aromatic heterocycles. The van der Waals surface area contributed by atoms with Gasteiger partial charge in [0, 0.05) is 7.11 Å². The van der Waals surface area contributed by atoms with Gasteiger partial charge in [0.05, 0.1) is 25.4 Å². The maximum Gasteiger partial charge on any atom is 0.341 e. The molecule has 0 amide bonds. The van der Waals surface area contributed by atoms with E-state index in [-0.39, 0.29) is 13.2 Å². The third-order valence-electron chi connectivity index (χ3n) is 2.06. The van der Waals surface area contributed by atoms with Crippen molar-refractivity contribution in [2.24, 2.45) is 0 Å². The molecule has 1 aromatic carbocycles. The van der Waals surface area contributed by atoms with Crippen LogP contribution in [0.4, 0.5) is 8.78 Å². The summed E-state index contributed by atoms with van der Waals surface area (Å²) in [4.78, 5) is 11.4. The molecule has 0 bridgehead atoms. The fourth-order valence-corrected chi connectivity index (χ4v) is 1.18. The van der Waals surface area contributed by atoms with Crippen molar-refractivity contribution in [1.29, 1.82) is 0 Å². The zero-order valence-corrected chi connectivity index (χ0v) is 9.95. The van der Waals surface area contributed by atoms with Crippen molar-refractivity contribution < 1.29 is 27.8 Å². The molecule has 0 fully saturated rings. The maximum atomic E-state index is 13.2. The molecule has 1 aromatic rings. The molecule has 100 valence electrons. The lowest BCUT2D eigenvalue weighted by Gasteiger charge is -2.06. The average Bonchev–Trinajstić information content (AvgIpc) is 2.36. The molecule has 6 heteroatoms. The summed E-state index contributed by atoms with van der Waals surface area (Å²) in [7, 11) is 1.54. The molecule has 0 aliphatic rings. The standard InChI is InChI=1S/C12H14F2O4/c1-16-5-6-17-7-8-18-12(15)9-3-2-4-10(13)11(9)14/h2-4H,5-8H2,1H3. The van der Waals surface area contributed by atoms with Crippen molar-refractivity contribution >= 4 is 5.97 Å². The van der Waals surface area contributed by atoms with Gasteiger partial charge < -0.3 is 14.2 Å². The molecule has 0 N–H and O–H groups in total. The third-order valence-corrected chi connectivity index (χ3v) is 2.06. The number of hydrogen-bond acceptors (Lipinski definition) is 4.